The number of amides is 1. The van der Waals surface area contributed by atoms with E-state index in [4.69, 9.17) is 4.98 Å². The molecular formula is C28H24F2N4O. The summed E-state index contributed by atoms with van der Waals surface area (Å²) in [7, 11) is 0. The summed E-state index contributed by atoms with van der Waals surface area (Å²) in [4.78, 5) is 24.3. The van der Waals surface area contributed by atoms with Crippen LogP contribution in [0.2, 0.25) is 0 Å². The number of halogens is 2. The second-order valence-electron chi connectivity index (χ2n) is 9.28. The molecule has 0 radical (unpaired) electrons. The van der Waals surface area contributed by atoms with Crippen LogP contribution in [-0.4, -0.2) is 35.1 Å². The van der Waals surface area contributed by atoms with Crippen LogP contribution >= 0.6 is 0 Å². The molecule has 2 aliphatic rings. The van der Waals surface area contributed by atoms with Crippen molar-refractivity contribution in [3.05, 3.63) is 90.3 Å². The highest BCUT2D eigenvalue weighted by molar-refractivity contribution is 6.09. The van der Waals surface area contributed by atoms with Crippen LogP contribution in [0.3, 0.4) is 0 Å². The number of aromatic nitrogens is 2. The number of hydrogen-bond donors (Lipinski definition) is 1. The summed E-state index contributed by atoms with van der Waals surface area (Å²) in [6, 6.07) is 19.0. The average Bonchev–Trinajstić information content (AvgIpc) is 3.10. The highest BCUT2D eigenvalue weighted by atomic mass is 19.1. The monoisotopic (exact) mass is 470 g/mol. The van der Waals surface area contributed by atoms with Gasteiger partial charge in [0, 0.05) is 47.2 Å². The van der Waals surface area contributed by atoms with Gasteiger partial charge < -0.3 is 10.2 Å². The van der Waals surface area contributed by atoms with Crippen molar-refractivity contribution >= 4 is 22.4 Å². The van der Waals surface area contributed by atoms with Crippen molar-refractivity contribution in [3.8, 4) is 11.1 Å². The second-order valence-corrected chi connectivity index (χ2v) is 9.28. The van der Waals surface area contributed by atoms with Crippen LogP contribution in [-0.2, 0) is 16.8 Å². The molecular weight excluding hydrogens is 446 g/mol. The van der Waals surface area contributed by atoms with Crippen molar-refractivity contribution in [2.75, 3.05) is 18.1 Å². The number of carbonyl (C=O) groups excluding carboxylic acids is 1. The van der Waals surface area contributed by atoms with E-state index >= 15 is 0 Å². The lowest BCUT2D eigenvalue weighted by Gasteiger charge is -2.44. The summed E-state index contributed by atoms with van der Waals surface area (Å²) in [5.41, 5.74) is 3.65. The van der Waals surface area contributed by atoms with Crippen molar-refractivity contribution in [2.24, 2.45) is 0 Å². The standard InChI is InChI=1S/C28H24F2N4O/c29-11-12-31-20-13-28(14-20)22-7-3-4-8-24(22)34(27(28)35)17-23-26(19-9-10-25(30)33-16-19)21-6-2-1-5-18(21)15-32-23/h1-10,15-16,20,31H,11-14,17H2. The minimum Gasteiger partial charge on any atom is -0.311 e. The minimum atomic E-state index is -0.584. The van der Waals surface area contributed by atoms with Crippen molar-refractivity contribution in [1.29, 1.82) is 0 Å². The van der Waals surface area contributed by atoms with E-state index in [1.54, 1.807) is 6.07 Å². The summed E-state index contributed by atoms with van der Waals surface area (Å²) in [6.45, 7) is 0.170. The molecule has 2 aromatic carbocycles. The maximum atomic E-state index is 13.9. The van der Waals surface area contributed by atoms with Crippen LogP contribution in [0.15, 0.2) is 73.1 Å². The minimum absolute atomic E-state index is 0.0511. The van der Waals surface area contributed by atoms with Gasteiger partial charge >= 0.3 is 0 Å². The van der Waals surface area contributed by atoms with E-state index in [-0.39, 0.29) is 18.5 Å². The Bertz CT molecular complexity index is 1420. The van der Waals surface area contributed by atoms with E-state index in [0.29, 0.717) is 19.4 Å². The Kier molecular flexibility index (Phi) is 5.29. The summed E-state index contributed by atoms with van der Waals surface area (Å²) in [5.74, 6) is -0.495. The molecule has 1 saturated carbocycles. The molecule has 0 bridgehead atoms. The van der Waals surface area contributed by atoms with Crippen LogP contribution in [0.4, 0.5) is 14.5 Å². The molecule has 1 aliphatic carbocycles. The van der Waals surface area contributed by atoms with Crippen LogP contribution in [0, 0.1) is 5.95 Å². The third kappa shape index (κ3) is 3.49. The maximum absolute atomic E-state index is 13.9. The molecule has 1 aliphatic heterocycles. The number of nitrogens with zero attached hydrogens (tertiary/aromatic N) is 3. The van der Waals surface area contributed by atoms with Crippen LogP contribution < -0.4 is 10.2 Å². The zero-order chi connectivity index (χ0) is 24.0. The maximum Gasteiger partial charge on any atom is 0.238 e. The predicted octanol–water partition coefficient (Wildman–Crippen LogP) is 4.94. The normalized spacial score (nSPS) is 20.9. The SMILES string of the molecule is O=C1N(Cc2ncc3ccccc3c2-c2ccc(F)nc2)c2ccccc2C12CC(NCCF)C2. The van der Waals surface area contributed by atoms with E-state index in [9.17, 15) is 13.6 Å². The van der Waals surface area contributed by atoms with Gasteiger partial charge in [-0.2, -0.15) is 4.39 Å². The fraction of sp³-hybridized carbons (Fsp3) is 0.250. The van der Waals surface area contributed by atoms with Crippen molar-refractivity contribution in [2.45, 2.75) is 30.8 Å². The number of pyridine rings is 2. The fourth-order valence-electron chi connectivity index (χ4n) is 5.65. The van der Waals surface area contributed by atoms with Gasteiger partial charge in [-0.15, -0.1) is 0 Å². The number of carbonyl (C=O) groups is 1. The molecule has 1 amide bonds. The lowest BCUT2D eigenvalue weighted by Crippen LogP contribution is -2.56. The largest absolute Gasteiger partial charge is 0.311 e. The quantitative estimate of drug-likeness (QED) is 0.406. The fourth-order valence-corrected chi connectivity index (χ4v) is 5.65. The van der Waals surface area contributed by atoms with E-state index in [1.807, 2.05) is 59.6 Å². The Balaban J connectivity index is 1.41. The third-order valence-electron chi connectivity index (χ3n) is 7.28. The van der Waals surface area contributed by atoms with Crippen LogP contribution in [0.25, 0.3) is 21.9 Å². The van der Waals surface area contributed by atoms with Gasteiger partial charge in [-0.1, -0.05) is 42.5 Å². The first-order valence-corrected chi connectivity index (χ1v) is 11.8. The summed E-state index contributed by atoms with van der Waals surface area (Å²) in [6.07, 6.45) is 4.63. The molecule has 1 fully saturated rings. The topological polar surface area (TPSA) is 58.1 Å². The average molecular weight is 471 g/mol. The summed E-state index contributed by atoms with van der Waals surface area (Å²) in [5, 5.41) is 5.13. The van der Waals surface area contributed by atoms with Gasteiger partial charge in [-0.25, -0.2) is 9.37 Å². The molecule has 35 heavy (non-hydrogen) atoms. The van der Waals surface area contributed by atoms with E-state index < -0.39 is 18.0 Å². The molecule has 0 unspecified atom stereocenters. The molecule has 0 atom stereocenters. The molecule has 4 aromatic rings. The van der Waals surface area contributed by atoms with Gasteiger partial charge in [-0.3, -0.25) is 9.78 Å². The lowest BCUT2D eigenvalue weighted by atomic mass is 9.62. The first kappa shape index (κ1) is 21.8. The van der Waals surface area contributed by atoms with Crippen molar-refractivity contribution in [1.82, 2.24) is 15.3 Å². The number of benzene rings is 2. The first-order valence-electron chi connectivity index (χ1n) is 11.8. The molecule has 1 spiro atoms. The molecule has 3 heterocycles. The Labute approximate surface area is 201 Å². The number of hydrogen-bond acceptors (Lipinski definition) is 4. The highest BCUT2D eigenvalue weighted by Crippen LogP contribution is 2.54. The molecule has 6 rings (SSSR count). The number of alkyl halides is 1. The molecule has 1 N–H and O–H groups in total. The smallest absolute Gasteiger partial charge is 0.238 e. The Morgan fingerprint density at radius 2 is 1.80 bits per heavy atom. The highest BCUT2D eigenvalue weighted by Gasteiger charge is 2.58. The number of rotatable bonds is 6. The van der Waals surface area contributed by atoms with Gasteiger partial charge in [0.15, 0.2) is 0 Å². The van der Waals surface area contributed by atoms with Crippen LogP contribution in [0.1, 0.15) is 24.1 Å². The van der Waals surface area contributed by atoms with E-state index in [1.165, 1.54) is 12.3 Å². The second kappa shape index (κ2) is 8.50. The number of nitrogens with one attached hydrogen (secondary N) is 1. The third-order valence-corrected chi connectivity index (χ3v) is 7.28. The lowest BCUT2D eigenvalue weighted by molar-refractivity contribution is -0.127. The number of para-hydroxylation sites is 1. The van der Waals surface area contributed by atoms with Crippen LogP contribution in [0.5, 0.6) is 0 Å². The first-order chi connectivity index (χ1) is 17.1. The van der Waals surface area contributed by atoms with E-state index in [2.05, 4.69) is 10.3 Å². The van der Waals surface area contributed by atoms with Crippen molar-refractivity contribution in [3.63, 3.8) is 0 Å². The zero-order valence-electron chi connectivity index (χ0n) is 19.0. The zero-order valence-corrected chi connectivity index (χ0v) is 19.0. The Hall–Kier alpha value is -3.71. The van der Waals surface area contributed by atoms with Gasteiger partial charge in [0.25, 0.3) is 0 Å². The molecule has 176 valence electrons. The number of fused-ring (bicyclic) bond motifs is 3. The molecule has 5 nitrogen and oxygen atoms in total. The Morgan fingerprint density at radius 1 is 1.00 bits per heavy atom. The van der Waals surface area contributed by atoms with Crippen molar-refractivity contribution < 1.29 is 13.6 Å². The Morgan fingerprint density at radius 3 is 2.60 bits per heavy atom. The van der Waals surface area contributed by atoms with E-state index in [0.717, 1.165) is 38.8 Å². The van der Waals surface area contributed by atoms with Gasteiger partial charge in [-0.05, 0) is 42.0 Å². The van der Waals surface area contributed by atoms with Gasteiger partial charge in [0.2, 0.25) is 11.9 Å². The predicted molar refractivity (Wildman–Crippen MR) is 131 cm³/mol. The summed E-state index contributed by atoms with van der Waals surface area (Å²) < 4.78 is 26.2. The summed E-state index contributed by atoms with van der Waals surface area (Å²) >= 11 is 0. The molecule has 0 saturated heterocycles. The molecule has 2 aromatic heterocycles. The number of anilines is 1. The molecule has 7 heteroatoms. The van der Waals surface area contributed by atoms with Gasteiger partial charge in [0.05, 0.1) is 17.7 Å². The van der Waals surface area contributed by atoms with Gasteiger partial charge in [0.1, 0.15) is 6.67 Å².